The van der Waals surface area contributed by atoms with Crippen LogP contribution in [-0.2, 0) is 0 Å². The first-order valence-electron chi connectivity index (χ1n) is 5.63. The molecule has 0 spiro atoms. The molecule has 0 aromatic carbocycles. The molecule has 2 nitrogen and oxygen atoms in total. The van der Waals surface area contributed by atoms with Gasteiger partial charge in [0.25, 0.3) is 0 Å². The summed E-state index contributed by atoms with van der Waals surface area (Å²) in [6.45, 7) is 7.16. The van der Waals surface area contributed by atoms with Crippen molar-refractivity contribution >= 4 is 0 Å². The van der Waals surface area contributed by atoms with E-state index >= 15 is 0 Å². The van der Waals surface area contributed by atoms with E-state index in [1.165, 1.54) is 38.8 Å². The Morgan fingerprint density at radius 2 is 1.77 bits per heavy atom. The van der Waals surface area contributed by atoms with Gasteiger partial charge in [0.1, 0.15) is 0 Å². The molecule has 0 aromatic rings. The van der Waals surface area contributed by atoms with E-state index in [0.717, 1.165) is 5.92 Å². The molecule has 1 heterocycles. The third kappa shape index (κ3) is 1.75. The Morgan fingerprint density at radius 3 is 2.23 bits per heavy atom. The molecule has 1 saturated heterocycles. The van der Waals surface area contributed by atoms with Gasteiger partial charge in [-0.05, 0) is 58.5 Å². The molecule has 2 rings (SSSR count). The fourth-order valence-electron chi connectivity index (χ4n) is 2.54. The van der Waals surface area contributed by atoms with Crippen molar-refractivity contribution in [3.05, 3.63) is 0 Å². The summed E-state index contributed by atoms with van der Waals surface area (Å²) in [6.07, 6.45) is 5.44. The quantitative estimate of drug-likeness (QED) is 0.718. The van der Waals surface area contributed by atoms with Crippen molar-refractivity contribution in [2.75, 3.05) is 13.1 Å². The maximum atomic E-state index is 6.29. The van der Waals surface area contributed by atoms with Crippen LogP contribution in [0.2, 0.25) is 0 Å². The molecule has 0 amide bonds. The van der Waals surface area contributed by atoms with Gasteiger partial charge in [-0.2, -0.15) is 0 Å². The minimum atomic E-state index is 0.234. The summed E-state index contributed by atoms with van der Waals surface area (Å²) >= 11 is 0. The van der Waals surface area contributed by atoms with Crippen molar-refractivity contribution in [1.82, 2.24) is 4.90 Å². The summed E-state index contributed by atoms with van der Waals surface area (Å²) < 4.78 is 0. The number of hydrogen-bond acceptors (Lipinski definition) is 2. The Hall–Kier alpha value is -0.0800. The lowest BCUT2D eigenvalue weighted by Gasteiger charge is -2.40. The van der Waals surface area contributed by atoms with Crippen LogP contribution in [0.3, 0.4) is 0 Å². The van der Waals surface area contributed by atoms with Crippen LogP contribution < -0.4 is 5.73 Å². The van der Waals surface area contributed by atoms with Crippen LogP contribution in [0.25, 0.3) is 0 Å². The first-order valence-corrected chi connectivity index (χ1v) is 5.63. The molecule has 1 atom stereocenters. The maximum Gasteiger partial charge on any atom is 0.0306 e. The third-order valence-corrected chi connectivity index (χ3v) is 3.87. The van der Waals surface area contributed by atoms with Gasteiger partial charge in [0.15, 0.2) is 0 Å². The number of rotatable bonds is 3. The SMILES string of the molecule is CC(C)(C(N)C1CC1)N1CCCC1. The Labute approximate surface area is 81.5 Å². The molecule has 13 heavy (non-hydrogen) atoms. The van der Waals surface area contributed by atoms with Crippen LogP contribution in [0.15, 0.2) is 0 Å². The van der Waals surface area contributed by atoms with Crippen molar-refractivity contribution in [3.8, 4) is 0 Å². The number of hydrogen-bond donors (Lipinski definition) is 1. The molecular formula is C11H22N2. The lowest BCUT2D eigenvalue weighted by molar-refractivity contribution is 0.115. The molecular weight excluding hydrogens is 160 g/mol. The first-order chi connectivity index (χ1) is 6.12. The van der Waals surface area contributed by atoms with E-state index in [-0.39, 0.29) is 5.54 Å². The van der Waals surface area contributed by atoms with Crippen molar-refractivity contribution in [2.24, 2.45) is 11.7 Å². The fraction of sp³-hybridized carbons (Fsp3) is 1.00. The monoisotopic (exact) mass is 182 g/mol. The standard InChI is InChI=1S/C11H22N2/c1-11(2,10(12)9-5-6-9)13-7-3-4-8-13/h9-10H,3-8,12H2,1-2H3. The van der Waals surface area contributed by atoms with Gasteiger partial charge < -0.3 is 5.73 Å². The summed E-state index contributed by atoms with van der Waals surface area (Å²) in [4.78, 5) is 2.58. The number of nitrogens with zero attached hydrogens (tertiary/aromatic N) is 1. The molecule has 2 N–H and O–H groups in total. The largest absolute Gasteiger partial charge is 0.326 e. The fourth-order valence-corrected chi connectivity index (χ4v) is 2.54. The highest BCUT2D eigenvalue weighted by atomic mass is 15.2. The van der Waals surface area contributed by atoms with Gasteiger partial charge in [-0.25, -0.2) is 0 Å². The zero-order valence-electron chi connectivity index (χ0n) is 8.92. The van der Waals surface area contributed by atoms with Crippen LogP contribution in [0.5, 0.6) is 0 Å². The third-order valence-electron chi connectivity index (χ3n) is 3.87. The van der Waals surface area contributed by atoms with E-state index in [4.69, 9.17) is 5.73 Å². The Bertz CT molecular complexity index is 175. The van der Waals surface area contributed by atoms with Crippen molar-refractivity contribution in [2.45, 2.75) is 51.1 Å². The molecule has 0 aromatic heterocycles. The minimum Gasteiger partial charge on any atom is -0.326 e. The lowest BCUT2D eigenvalue weighted by atomic mass is 9.90. The summed E-state index contributed by atoms with van der Waals surface area (Å²) in [5.41, 5.74) is 6.53. The average Bonchev–Trinajstić information content (AvgIpc) is 2.78. The summed E-state index contributed by atoms with van der Waals surface area (Å²) in [7, 11) is 0. The predicted molar refractivity (Wildman–Crippen MR) is 55.6 cm³/mol. The molecule has 1 unspecified atom stereocenters. The van der Waals surface area contributed by atoms with Crippen LogP contribution in [0, 0.1) is 5.92 Å². The van der Waals surface area contributed by atoms with Crippen molar-refractivity contribution in [3.63, 3.8) is 0 Å². The van der Waals surface area contributed by atoms with Gasteiger partial charge in [-0.3, -0.25) is 4.90 Å². The molecule has 1 aliphatic heterocycles. The van der Waals surface area contributed by atoms with Crippen molar-refractivity contribution < 1.29 is 0 Å². The Morgan fingerprint density at radius 1 is 1.23 bits per heavy atom. The van der Waals surface area contributed by atoms with Gasteiger partial charge in [0.2, 0.25) is 0 Å². The summed E-state index contributed by atoms with van der Waals surface area (Å²) in [6, 6.07) is 0.394. The number of nitrogens with two attached hydrogens (primary N) is 1. The van der Waals surface area contributed by atoms with E-state index < -0.39 is 0 Å². The normalized spacial score (nSPS) is 27.9. The molecule has 2 aliphatic rings. The van der Waals surface area contributed by atoms with Crippen LogP contribution >= 0.6 is 0 Å². The number of likely N-dealkylation sites (tertiary alicyclic amines) is 1. The second-order valence-corrected chi connectivity index (χ2v) is 5.21. The molecule has 0 bridgehead atoms. The molecule has 0 radical (unpaired) electrons. The molecule has 1 aliphatic carbocycles. The molecule has 1 saturated carbocycles. The highest BCUT2D eigenvalue weighted by Crippen LogP contribution is 2.38. The molecule has 2 heteroatoms. The van der Waals surface area contributed by atoms with Gasteiger partial charge in [0, 0.05) is 11.6 Å². The van der Waals surface area contributed by atoms with Gasteiger partial charge >= 0.3 is 0 Å². The van der Waals surface area contributed by atoms with Crippen LogP contribution in [0.1, 0.15) is 39.5 Å². The summed E-state index contributed by atoms with van der Waals surface area (Å²) in [5, 5.41) is 0. The van der Waals surface area contributed by atoms with Gasteiger partial charge in [0.05, 0.1) is 0 Å². The second kappa shape index (κ2) is 3.25. The Balaban J connectivity index is 1.99. The maximum absolute atomic E-state index is 6.29. The van der Waals surface area contributed by atoms with Crippen LogP contribution in [-0.4, -0.2) is 29.6 Å². The van der Waals surface area contributed by atoms with E-state index in [2.05, 4.69) is 18.7 Å². The second-order valence-electron chi connectivity index (χ2n) is 5.21. The topological polar surface area (TPSA) is 29.3 Å². The zero-order valence-corrected chi connectivity index (χ0v) is 8.92. The van der Waals surface area contributed by atoms with Crippen molar-refractivity contribution in [1.29, 1.82) is 0 Å². The highest BCUT2D eigenvalue weighted by molar-refractivity contribution is 5.00. The van der Waals surface area contributed by atoms with Gasteiger partial charge in [-0.1, -0.05) is 0 Å². The van der Waals surface area contributed by atoms with Crippen LogP contribution in [0.4, 0.5) is 0 Å². The molecule has 76 valence electrons. The van der Waals surface area contributed by atoms with Gasteiger partial charge in [-0.15, -0.1) is 0 Å². The van der Waals surface area contributed by atoms with E-state index in [9.17, 15) is 0 Å². The smallest absolute Gasteiger partial charge is 0.0306 e. The summed E-state index contributed by atoms with van der Waals surface area (Å²) in [5.74, 6) is 0.815. The van der Waals surface area contributed by atoms with E-state index in [0.29, 0.717) is 6.04 Å². The lowest BCUT2D eigenvalue weighted by Crippen LogP contribution is -2.56. The first kappa shape index (κ1) is 9.47. The average molecular weight is 182 g/mol. The zero-order chi connectivity index (χ0) is 9.47. The van der Waals surface area contributed by atoms with E-state index in [1.807, 2.05) is 0 Å². The highest BCUT2D eigenvalue weighted by Gasteiger charge is 2.42. The predicted octanol–water partition coefficient (Wildman–Crippen LogP) is 1.60. The van der Waals surface area contributed by atoms with E-state index in [1.54, 1.807) is 0 Å². The Kier molecular flexibility index (Phi) is 2.37. The minimum absolute atomic E-state index is 0.234. The molecule has 2 fully saturated rings.